The van der Waals surface area contributed by atoms with Crippen LogP contribution >= 0.6 is 0 Å². The lowest BCUT2D eigenvalue weighted by atomic mass is 9.81. The van der Waals surface area contributed by atoms with E-state index < -0.39 is 11.6 Å². The molecular weight excluding hydrogens is 566 g/mol. The van der Waals surface area contributed by atoms with Gasteiger partial charge in [-0.1, -0.05) is 37.5 Å². The van der Waals surface area contributed by atoms with Crippen molar-refractivity contribution < 1.29 is 24.2 Å². The minimum atomic E-state index is -0.894. The van der Waals surface area contributed by atoms with Crippen LogP contribution in [0.2, 0.25) is 0 Å². The molecule has 1 atom stereocenters. The zero-order chi connectivity index (χ0) is 32.3. The predicted octanol–water partition coefficient (Wildman–Crippen LogP) is 7.95. The summed E-state index contributed by atoms with van der Waals surface area (Å²) < 4.78 is 14.5. The van der Waals surface area contributed by atoms with E-state index in [1.165, 1.54) is 41.5 Å². The van der Waals surface area contributed by atoms with E-state index in [4.69, 9.17) is 9.47 Å². The van der Waals surface area contributed by atoms with E-state index in [9.17, 15) is 14.7 Å². The molecule has 1 aliphatic carbocycles. The number of fused-ring (bicyclic) bond motifs is 5. The summed E-state index contributed by atoms with van der Waals surface area (Å²) in [5.74, 6) is 0.736. The van der Waals surface area contributed by atoms with Crippen LogP contribution in [0, 0.1) is 12.8 Å². The predicted molar refractivity (Wildman–Crippen MR) is 179 cm³/mol. The molecule has 5 rings (SSSR count). The molecule has 1 amide bonds. The lowest BCUT2D eigenvalue weighted by Gasteiger charge is -2.29. The number of amides is 1. The van der Waals surface area contributed by atoms with E-state index in [0.717, 1.165) is 62.1 Å². The highest BCUT2D eigenvalue weighted by Crippen LogP contribution is 2.48. The number of rotatable bonds is 9. The Labute approximate surface area is 268 Å². The summed E-state index contributed by atoms with van der Waals surface area (Å²) in [4.78, 5) is 28.4. The van der Waals surface area contributed by atoms with Crippen molar-refractivity contribution in [3.63, 3.8) is 0 Å². The molecule has 0 saturated heterocycles. The van der Waals surface area contributed by atoms with Crippen molar-refractivity contribution in [3.05, 3.63) is 53.1 Å². The van der Waals surface area contributed by atoms with Crippen LogP contribution in [0.15, 0.2) is 36.4 Å². The molecule has 8 nitrogen and oxygen atoms in total. The molecule has 2 aromatic carbocycles. The molecule has 1 aromatic heterocycles. The molecule has 1 N–H and O–H groups in total. The third kappa shape index (κ3) is 7.66. The molecule has 0 bridgehead atoms. The maximum atomic E-state index is 12.4. The van der Waals surface area contributed by atoms with Crippen LogP contribution in [0.25, 0.3) is 22.2 Å². The van der Waals surface area contributed by atoms with Crippen LogP contribution in [-0.2, 0) is 11.3 Å². The molecule has 244 valence electrons. The van der Waals surface area contributed by atoms with Gasteiger partial charge in [-0.3, -0.25) is 0 Å². The fourth-order valence-electron chi connectivity index (χ4n) is 7.04. The maximum absolute atomic E-state index is 12.4. The second kappa shape index (κ2) is 13.9. The van der Waals surface area contributed by atoms with Crippen molar-refractivity contribution >= 4 is 23.0 Å². The molecule has 1 fully saturated rings. The van der Waals surface area contributed by atoms with E-state index in [1.54, 1.807) is 18.0 Å². The number of carboxylic acids is 1. The molecule has 1 aliphatic heterocycles. The van der Waals surface area contributed by atoms with Crippen LogP contribution in [0.3, 0.4) is 0 Å². The van der Waals surface area contributed by atoms with Crippen molar-refractivity contribution in [2.75, 3.05) is 40.3 Å². The highest BCUT2D eigenvalue weighted by atomic mass is 16.6. The van der Waals surface area contributed by atoms with E-state index in [-0.39, 0.29) is 12.0 Å². The summed E-state index contributed by atoms with van der Waals surface area (Å²) in [5, 5.41) is 11.1. The van der Waals surface area contributed by atoms with Gasteiger partial charge >= 0.3 is 12.1 Å². The number of aromatic carboxylic acids is 1. The molecule has 45 heavy (non-hydrogen) atoms. The summed E-state index contributed by atoms with van der Waals surface area (Å²) in [6.45, 7) is 11.5. The van der Waals surface area contributed by atoms with Crippen molar-refractivity contribution in [3.8, 4) is 17.0 Å². The topological polar surface area (TPSA) is 84.2 Å². The van der Waals surface area contributed by atoms with Crippen LogP contribution in [-0.4, -0.2) is 77.5 Å². The Kier molecular flexibility index (Phi) is 10.1. The molecule has 0 unspecified atom stereocenters. The maximum Gasteiger partial charge on any atom is 0.410 e. The number of carboxylic acid groups (broad SMARTS) is 1. The first kappa shape index (κ1) is 32.9. The first-order valence-electron chi connectivity index (χ1n) is 16.7. The standard InChI is InChI=1S/C37H51N3O5/c1-25-12-10-16-31-32(25)34-33(27-14-8-7-9-15-27)29-18-17-28(35(41)42)22-30(29)40(34)23-26(24-44-31)13-11-19-38(5)20-21-39(6)36(43)45-37(2,3)4/h10,12,16-18,22,26-27H,7-9,11,13-15,19-21,23-24H2,1-6H3,(H,41,42)/t26-/m1/s1. The highest BCUT2D eigenvalue weighted by Gasteiger charge is 2.31. The fraction of sp³-hybridized carbons (Fsp3) is 0.568. The summed E-state index contributed by atoms with van der Waals surface area (Å²) in [6.07, 6.45) is 7.72. The van der Waals surface area contributed by atoms with Crippen LogP contribution < -0.4 is 4.74 Å². The number of hydrogen-bond acceptors (Lipinski definition) is 5. The molecular formula is C37H51N3O5. The van der Waals surface area contributed by atoms with Gasteiger partial charge in [0.1, 0.15) is 11.4 Å². The molecule has 2 heterocycles. The number of carbonyl (C=O) groups excluding carboxylic acids is 1. The summed E-state index contributed by atoms with van der Waals surface area (Å²) in [7, 11) is 3.88. The van der Waals surface area contributed by atoms with Crippen LogP contribution in [0.4, 0.5) is 4.79 Å². The summed E-state index contributed by atoms with van der Waals surface area (Å²) in [5.41, 5.74) is 5.77. The Morgan fingerprint density at radius 2 is 1.80 bits per heavy atom. The van der Waals surface area contributed by atoms with Crippen molar-refractivity contribution in [1.29, 1.82) is 0 Å². The number of likely N-dealkylation sites (N-methyl/N-ethyl adjacent to an activating group) is 2. The van der Waals surface area contributed by atoms with E-state index >= 15 is 0 Å². The quantitative estimate of drug-likeness (QED) is 0.262. The molecule has 2 aliphatic rings. The van der Waals surface area contributed by atoms with E-state index in [2.05, 4.69) is 47.7 Å². The monoisotopic (exact) mass is 617 g/mol. The number of carbonyl (C=O) groups is 2. The van der Waals surface area contributed by atoms with Gasteiger partial charge < -0.3 is 28.9 Å². The molecule has 1 saturated carbocycles. The first-order valence-corrected chi connectivity index (χ1v) is 16.7. The Morgan fingerprint density at radius 3 is 2.51 bits per heavy atom. The molecule has 8 heteroatoms. The van der Waals surface area contributed by atoms with Gasteiger partial charge in [0.25, 0.3) is 0 Å². The van der Waals surface area contributed by atoms with Gasteiger partial charge in [-0.05, 0) is 102 Å². The fourth-order valence-corrected chi connectivity index (χ4v) is 7.04. The van der Waals surface area contributed by atoms with Crippen molar-refractivity contribution in [2.24, 2.45) is 5.92 Å². The van der Waals surface area contributed by atoms with Gasteiger partial charge in [-0.2, -0.15) is 0 Å². The van der Waals surface area contributed by atoms with Gasteiger partial charge in [0.15, 0.2) is 0 Å². The third-order valence-corrected chi connectivity index (χ3v) is 9.43. The summed E-state index contributed by atoms with van der Waals surface area (Å²) in [6, 6.07) is 12.0. The van der Waals surface area contributed by atoms with Crippen molar-refractivity contribution in [2.45, 2.75) is 90.7 Å². The molecule has 0 radical (unpaired) electrons. The van der Waals surface area contributed by atoms with Crippen LogP contribution in [0.1, 0.15) is 93.1 Å². The number of hydrogen-bond donors (Lipinski definition) is 1. The molecule has 3 aromatic rings. The Bertz CT molecular complexity index is 1510. The van der Waals surface area contributed by atoms with E-state index in [0.29, 0.717) is 24.6 Å². The average Bonchev–Trinajstić information content (AvgIpc) is 3.29. The smallest absolute Gasteiger partial charge is 0.410 e. The van der Waals surface area contributed by atoms with E-state index in [1.807, 2.05) is 26.8 Å². The Hall–Kier alpha value is -3.52. The van der Waals surface area contributed by atoms with Crippen molar-refractivity contribution in [1.82, 2.24) is 14.4 Å². The van der Waals surface area contributed by atoms with Gasteiger partial charge in [0.2, 0.25) is 0 Å². The number of aromatic nitrogens is 1. The zero-order valence-electron chi connectivity index (χ0n) is 28.0. The van der Waals surface area contributed by atoms with Gasteiger partial charge in [0.05, 0.1) is 17.9 Å². The minimum Gasteiger partial charge on any atom is -0.493 e. The second-order valence-corrected chi connectivity index (χ2v) is 14.2. The largest absolute Gasteiger partial charge is 0.493 e. The lowest BCUT2D eigenvalue weighted by molar-refractivity contribution is 0.0286. The van der Waals surface area contributed by atoms with Gasteiger partial charge in [-0.15, -0.1) is 0 Å². The minimum absolute atomic E-state index is 0.263. The number of benzene rings is 2. The average molecular weight is 618 g/mol. The third-order valence-electron chi connectivity index (χ3n) is 9.43. The van der Waals surface area contributed by atoms with Gasteiger partial charge in [-0.25, -0.2) is 9.59 Å². The normalized spacial score (nSPS) is 17.3. The molecule has 0 spiro atoms. The zero-order valence-corrected chi connectivity index (χ0v) is 28.0. The lowest BCUT2D eigenvalue weighted by Crippen LogP contribution is -2.38. The Morgan fingerprint density at radius 1 is 1.04 bits per heavy atom. The van der Waals surface area contributed by atoms with Crippen LogP contribution in [0.5, 0.6) is 5.75 Å². The highest BCUT2D eigenvalue weighted by molar-refractivity contribution is 5.99. The number of ether oxygens (including phenoxy) is 2. The number of nitrogens with zero attached hydrogens (tertiary/aromatic N) is 3. The first-order chi connectivity index (χ1) is 21.4. The Balaban J connectivity index is 1.40. The number of aryl methyl sites for hydroxylation is 1. The second-order valence-electron chi connectivity index (χ2n) is 14.2. The summed E-state index contributed by atoms with van der Waals surface area (Å²) >= 11 is 0. The SMILES string of the molecule is Cc1cccc2c1-c1c(C3CCCCC3)c3ccc(C(=O)O)cc3n1C[C@@H](CCCN(C)CCN(C)C(=O)OC(C)(C)C)CO2. The van der Waals surface area contributed by atoms with Gasteiger partial charge in [0, 0.05) is 49.1 Å².